The predicted octanol–water partition coefficient (Wildman–Crippen LogP) is 4.71. The Hall–Kier alpha value is -1.97. The summed E-state index contributed by atoms with van der Waals surface area (Å²) in [6.07, 6.45) is 1.64. The molecule has 1 N–H and O–H groups in total. The molecule has 0 atom stereocenters. The van der Waals surface area contributed by atoms with Gasteiger partial charge in [-0.25, -0.2) is 0 Å². The number of benzene rings is 2. The van der Waals surface area contributed by atoms with E-state index >= 15 is 0 Å². The van der Waals surface area contributed by atoms with Gasteiger partial charge in [-0.15, -0.1) is 0 Å². The van der Waals surface area contributed by atoms with Gasteiger partial charge in [0.15, 0.2) is 5.78 Å². The van der Waals surface area contributed by atoms with Gasteiger partial charge in [0, 0.05) is 27.7 Å². The summed E-state index contributed by atoms with van der Waals surface area (Å²) in [5.74, 6) is 0.379. The van der Waals surface area contributed by atoms with Crippen LogP contribution in [-0.4, -0.2) is 17.9 Å². The maximum Gasteiger partial charge on any atom is 0.198 e. The molecule has 1 aromatic heterocycles. The highest BCUT2D eigenvalue weighted by molar-refractivity contribution is 6.40. The van der Waals surface area contributed by atoms with Crippen molar-refractivity contribution in [3.63, 3.8) is 0 Å². The lowest BCUT2D eigenvalue weighted by atomic mass is 10.0. The number of hydrogen-bond donors (Lipinski definition) is 1. The molecule has 0 unspecified atom stereocenters. The highest BCUT2D eigenvalue weighted by Crippen LogP contribution is 2.32. The first kappa shape index (κ1) is 14.0. The van der Waals surface area contributed by atoms with E-state index in [-0.39, 0.29) is 5.78 Å². The topological polar surface area (TPSA) is 42.1 Å². The molecular formula is C16H11Cl2NO2. The molecule has 0 amide bonds. The van der Waals surface area contributed by atoms with E-state index in [1.54, 1.807) is 36.5 Å². The molecule has 0 spiro atoms. The molecule has 0 aliphatic heterocycles. The number of carbonyl (C=O) groups is 1. The summed E-state index contributed by atoms with van der Waals surface area (Å²) >= 11 is 12.2. The van der Waals surface area contributed by atoms with Gasteiger partial charge in [0.2, 0.25) is 0 Å². The molecule has 106 valence electrons. The molecule has 0 fully saturated rings. The third kappa shape index (κ3) is 2.39. The van der Waals surface area contributed by atoms with E-state index in [9.17, 15) is 4.79 Å². The van der Waals surface area contributed by atoms with Crippen molar-refractivity contribution in [1.82, 2.24) is 4.98 Å². The fraction of sp³-hybridized carbons (Fsp3) is 0.0625. The SMILES string of the molecule is COc1ccccc1C(=O)c1c[nH]c2cc(Cl)cc(Cl)c12. The Kier molecular flexibility index (Phi) is 3.62. The zero-order valence-electron chi connectivity index (χ0n) is 11.1. The van der Waals surface area contributed by atoms with Crippen LogP contribution in [0.25, 0.3) is 10.9 Å². The Balaban J connectivity index is 2.19. The van der Waals surface area contributed by atoms with Crippen molar-refractivity contribution in [3.8, 4) is 5.75 Å². The minimum Gasteiger partial charge on any atom is -0.496 e. The van der Waals surface area contributed by atoms with Crippen molar-refractivity contribution in [2.24, 2.45) is 0 Å². The summed E-state index contributed by atoms with van der Waals surface area (Å²) in [4.78, 5) is 15.8. The normalized spacial score (nSPS) is 10.8. The number of halogens is 2. The lowest BCUT2D eigenvalue weighted by Crippen LogP contribution is -2.03. The lowest BCUT2D eigenvalue weighted by Gasteiger charge is -2.07. The van der Waals surface area contributed by atoms with E-state index in [0.29, 0.717) is 32.3 Å². The van der Waals surface area contributed by atoms with Gasteiger partial charge in [0.25, 0.3) is 0 Å². The number of methoxy groups -OCH3 is 1. The van der Waals surface area contributed by atoms with Crippen LogP contribution in [0.2, 0.25) is 10.0 Å². The fourth-order valence-corrected chi connectivity index (χ4v) is 2.93. The first-order valence-corrected chi connectivity index (χ1v) is 7.01. The fourth-order valence-electron chi connectivity index (χ4n) is 2.34. The average Bonchev–Trinajstić information content (AvgIpc) is 2.90. The molecule has 21 heavy (non-hydrogen) atoms. The molecule has 3 aromatic rings. The van der Waals surface area contributed by atoms with E-state index in [4.69, 9.17) is 27.9 Å². The second kappa shape index (κ2) is 5.43. The highest BCUT2D eigenvalue weighted by atomic mass is 35.5. The molecule has 1 heterocycles. The van der Waals surface area contributed by atoms with Gasteiger partial charge in [-0.05, 0) is 24.3 Å². The third-order valence-electron chi connectivity index (χ3n) is 3.29. The predicted molar refractivity (Wildman–Crippen MR) is 84.7 cm³/mol. The number of para-hydroxylation sites is 1. The number of hydrogen-bond acceptors (Lipinski definition) is 2. The highest BCUT2D eigenvalue weighted by Gasteiger charge is 2.19. The quantitative estimate of drug-likeness (QED) is 0.710. The second-order valence-electron chi connectivity index (χ2n) is 4.54. The van der Waals surface area contributed by atoms with Crippen molar-refractivity contribution in [3.05, 3.63) is 63.8 Å². The number of nitrogens with one attached hydrogen (secondary N) is 1. The molecule has 5 heteroatoms. The first-order valence-electron chi connectivity index (χ1n) is 6.25. The summed E-state index contributed by atoms with van der Waals surface area (Å²) in [6, 6.07) is 10.4. The Morgan fingerprint density at radius 1 is 1.14 bits per heavy atom. The van der Waals surface area contributed by atoms with Crippen LogP contribution in [0, 0.1) is 0 Å². The van der Waals surface area contributed by atoms with Crippen LogP contribution >= 0.6 is 23.2 Å². The number of carbonyl (C=O) groups excluding carboxylic acids is 1. The van der Waals surface area contributed by atoms with Gasteiger partial charge in [0.1, 0.15) is 5.75 Å². The summed E-state index contributed by atoms with van der Waals surface area (Å²) in [7, 11) is 1.54. The van der Waals surface area contributed by atoms with Crippen LogP contribution in [0.3, 0.4) is 0 Å². The first-order chi connectivity index (χ1) is 10.1. The molecule has 2 aromatic carbocycles. The van der Waals surface area contributed by atoms with Crippen LogP contribution in [0.1, 0.15) is 15.9 Å². The molecule has 0 aliphatic carbocycles. The van der Waals surface area contributed by atoms with E-state index < -0.39 is 0 Å². The third-order valence-corrected chi connectivity index (χ3v) is 3.81. The Labute approximate surface area is 131 Å². The zero-order valence-corrected chi connectivity index (χ0v) is 12.6. The van der Waals surface area contributed by atoms with Crippen molar-refractivity contribution in [2.75, 3.05) is 7.11 Å². The van der Waals surface area contributed by atoms with Crippen LogP contribution in [0.15, 0.2) is 42.6 Å². The van der Waals surface area contributed by atoms with Crippen molar-refractivity contribution >= 4 is 39.9 Å². The number of aromatic amines is 1. The molecule has 3 rings (SSSR count). The van der Waals surface area contributed by atoms with Gasteiger partial charge < -0.3 is 9.72 Å². The van der Waals surface area contributed by atoms with Crippen LogP contribution in [-0.2, 0) is 0 Å². The molecule has 0 saturated carbocycles. The molecule has 3 nitrogen and oxygen atoms in total. The van der Waals surface area contributed by atoms with Gasteiger partial charge in [0.05, 0.1) is 17.7 Å². The van der Waals surface area contributed by atoms with Gasteiger partial charge in [-0.3, -0.25) is 4.79 Å². The maximum absolute atomic E-state index is 12.7. The maximum atomic E-state index is 12.7. The van der Waals surface area contributed by atoms with Gasteiger partial charge >= 0.3 is 0 Å². The number of ketones is 1. The van der Waals surface area contributed by atoms with Crippen LogP contribution in [0.4, 0.5) is 0 Å². The lowest BCUT2D eigenvalue weighted by molar-refractivity contribution is 0.103. The Morgan fingerprint density at radius 3 is 2.67 bits per heavy atom. The minimum atomic E-state index is -0.150. The van der Waals surface area contributed by atoms with Crippen molar-refractivity contribution < 1.29 is 9.53 Å². The number of ether oxygens (including phenoxy) is 1. The number of H-pyrrole nitrogens is 1. The molecule has 0 bridgehead atoms. The van der Waals surface area contributed by atoms with E-state index in [2.05, 4.69) is 4.98 Å². The van der Waals surface area contributed by atoms with E-state index in [1.165, 1.54) is 7.11 Å². The average molecular weight is 320 g/mol. The Bertz CT molecular complexity index is 839. The Morgan fingerprint density at radius 2 is 1.90 bits per heavy atom. The molecule has 0 saturated heterocycles. The monoisotopic (exact) mass is 319 g/mol. The summed E-state index contributed by atoms with van der Waals surface area (Å²) in [6.45, 7) is 0. The molecular weight excluding hydrogens is 309 g/mol. The van der Waals surface area contributed by atoms with Crippen molar-refractivity contribution in [1.29, 1.82) is 0 Å². The minimum absolute atomic E-state index is 0.150. The molecule has 0 radical (unpaired) electrons. The van der Waals surface area contributed by atoms with Crippen LogP contribution in [0.5, 0.6) is 5.75 Å². The number of fused-ring (bicyclic) bond motifs is 1. The number of rotatable bonds is 3. The summed E-state index contributed by atoms with van der Waals surface area (Å²) in [5.41, 5.74) is 1.72. The summed E-state index contributed by atoms with van der Waals surface area (Å²) < 4.78 is 5.24. The van der Waals surface area contributed by atoms with E-state index in [1.807, 2.05) is 6.07 Å². The van der Waals surface area contributed by atoms with Crippen LogP contribution < -0.4 is 4.74 Å². The van der Waals surface area contributed by atoms with Gasteiger partial charge in [-0.2, -0.15) is 0 Å². The summed E-state index contributed by atoms with van der Waals surface area (Å²) in [5, 5.41) is 1.62. The van der Waals surface area contributed by atoms with Gasteiger partial charge in [-0.1, -0.05) is 35.3 Å². The number of aromatic nitrogens is 1. The second-order valence-corrected chi connectivity index (χ2v) is 5.39. The van der Waals surface area contributed by atoms with E-state index in [0.717, 1.165) is 5.52 Å². The largest absolute Gasteiger partial charge is 0.496 e. The standard InChI is InChI=1S/C16H11Cl2NO2/c1-21-14-5-3-2-4-10(14)16(20)11-8-19-13-7-9(17)6-12(18)15(11)13/h2-8,19H,1H3. The molecule has 0 aliphatic rings. The smallest absolute Gasteiger partial charge is 0.198 e. The van der Waals surface area contributed by atoms with Crippen molar-refractivity contribution in [2.45, 2.75) is 0 Å². The zero-order chi connectivity index (χ0) is 15.0.